The van der Waals surface area contributed by atoms with Crippen LogP contribution in [-0.2, 0) is 18.9 Å². The normalized spacial score (nSPS) is 19.9. The first-order chi connectivity index (χ1) is 19.5. The van der Waals surface area contributed by atoms with Crippen LogP contribution >= 0.6 is 0 Å². The van der Waals surface area contributed by atoms with E-state index in [1.165, 1.54) is 18.3 Å². The van der Waals surface area contributed by atoms with E-state index in [9.17, 15) is 19.6 Å². The SMILES string of the molecule is O=C(OC[C@H]1O[C@H](c2cccn[n+]2[O-])[C@H](OC(=O)c2ccccc2)[C@@H]1OC(=O)c1ccccc1)c1ccccc1. The van der Waals surface area contributed by atoms with E-state index in [1.807, 2.05) is 0 Å². The number of hydrogen-bond acceptors (Lipinski definition) is 9. The molecule has 10 nitrogen and oxygen atoms in total. The van der Waals surface area contributed by atoms with E-state index in [2.05, 4.69) is 5.10 Å². The molecule has 0 aliphatic carbocycles. The summed E-state index contributed by atoms with van der Waals surface area (Å²) in [5.74, 6) is -2.06. The van der Waals surface area contributed by atoms with Gasteiger partial charge in [0.15, 0.2) is 18.3 Å². The third-order valence-corrected chi connectivity index (χ3v) is 6.24. The summed E-state index contributed by atoms with van der Waals surface area (Å²) >= 11 is 0. The second-order valence-corrected chi connectivity index (χ2v) is 8.85. The molecule has 3 aromatic carbocycles. The minimum absolute atomic E-state index is 0.0195. The van der Waals surface area contributed by atoms with Crippen LogP contribution in [0.4, 0.5) is 0 Å². The van der Waals surface area contributed by atoms with E-state index in [0.29, 0.717) is 10.4 Å². The Morgan fingerprint density at radius 1 is 0.700 bits per heavy atom. The van der Waals surface area contributed by atoms with E-state index in [0.717, 1.165) is 0 Å². The van der Waals surface area contributed by atoms with E-state index < -0.39 is 42.3 Å². The van der Waals surface area contributed by atoms with Gasteiger partial charge < -0.3 is 24.2 Å². The Morgan fingerprint density at radius 3 is 1.73 bits per heavy atom. The minimum atomic E-state index is -1.27. The van der Waals surface area contributed by atoms with Crippen molar-refractivity contribution in [2.24, 2.45) is 0 Å². The van der Waals surface area contributed by atoms with Gasteiger partial charge in [-0.2, -0.15) is 0 Å². The zero-order chi connectivity index (χ0) is 27.9. The lowest BCUT2D eigenvalue weighted by atomic mass is 10.0. The Kier molecular flexibility index (Phi) is 8.07. The first-order valence-corrected chi connectivity index (χ1v) is 12.5. The van der Waals surface area contributed by atoms with Gasteiger partial charge in [-0.15, -0.1) is 0 Å². The van der Waals surface area contributed by atoms with Gasteiger partial charge in [0.2, 0.25) is 0 Å². The summed E-state index contributed by atoms with van der Waals surface area (Å²) in [5, 5.41) is 16.3. The molecule has 1 fully saturated rings. The van der Waals surface area contributed by atoms with Gasteiger partial charge in [0.05, 0.1) is 22.9 Å². The van der Waals surface area contributed by atoms with Gasteiger partial charge in [0.25, 0.3) is 5.69 Å². The Balaban J connectivity index is 1.47. The fourth-order valence-corrected chi connectivity index (χ4v) is 4.29. The maximum Gasteiger partial charge on any atom is 0.338 e. The minimum Gasteiger partial charge on any atom is -0.594 e. The van der Waals surface area contributed by atoms with Gasteiger partial charge in [-0.3, -0.25) is 0 Å². The molecular formula is C30H24N2O8. The largest absolute Gasteiger partial charge is 0.594 e. The Hall–Kier alpha value is -5.09. The van der Waals surface area contributed by atoms with E-state index >= 15 is 0 Å². The number of ether oxygens (including phenoxy) is 4. The molecule has 2 heterocycles. The Morgan fingerprint density at radius 2 is 1.20 bits per heavy atom. The van der Waals surface area contributed by atoms with Crippen LogP contribution in [0.15, 0.2) is 109 Å². The van der Waals surface area contributed by atoms with Crippen LogP contribution in [0.3, 0.4) is 0 Å². The second-order valence-electron chi connectivity index (χ2n) is 8.85. The first kappa shape index (κ1) is 26.5. The number of esters is 3. The summed E-state index contributed by atoms with van der Waals surface area (Å²) in [5.41, 5.74) is 0.825. The fraction of sp³-hybridized carbons (Fsp3) is 0.167. The second kappa shape index (κ2) is 12.2. The molecule has 1 saturated heterocycles. The molecule has 1 aliphatic rings. The van der Waals surface area contributed by atoms with Crippen molar-refractivity contribution in [3.63, 3.8) is 0 Å². The summed E-state index contributed by atoms with van der Waals surface area (Å²) in [4.78, 5) is 39.2. The standard InChI is InChI=1S/C30H24N2O8/c33-28(20-11-4-1-5-12-20)37-19-24-26(39-29(34)21-13-6-2-7-14-21)27(40-30(35)22-15-8-3-9-16-22)25(38-24)23-17-10-18-31-32(23)36/h1-18,24-27H,19H2/t24-,25-,26-,27+/m1/s1. The van der Waals surface area contributed by atoms with Crippen molar-refractivity contribution in [3.05, 3.63) is 137 Å². The number of carbonyl (C=O) groups excluding carboxylic acids is 3. The molecule has 1 aromatic heterocycles. The molecule has 0 radical (unpaired) electrons. The van der Waals surface area contributed by atoms with Gasteiger partial charge in [-0.05, 0) is 42.5 Å². The lowest BCUT2D eigenvalue weighted by Crippen LogP contribution is -2.43. The summed E-state index contributed by atoms with van der Waals surface area (Å²) in [6.45, 7) is -0.352. The molecule has 4 aromatic rings. The van der Waals surface area contributed by atoms with Crippen LogP contribution in [0.2, 0.25) is 0 Å². The molecule has 40 heavy (non-hydrogen) atoms. The van der Waals surface area contributed by atoms with Gasteiger partial charge in [0, 0.05) is 11.2 Å². The van der Waals surface area contributed by atoms with Gasteiger partial charge in [0.1, 0.15) is 12.7 Å². The van der Waals surface area contributed by atoms with E-state index in [-0.39, 0.29) is 23.4 Å². The van der Waals surface area contributed by atoms with Crippen LogP contribution in [0, 0.1) is 5.21 Å². The summed E-state index contributed by atoms with van der Waals surface area (Å²) < 4.78 is 23.3. The highest BCUT2D eigenvalue weighted by molar-refractivity contribution is 5.91. The molecule has 1 aliphatic heterocycles. The van der Waals surface area contributed by atoms with Crippen LogP contribution in [0.5, 0.6) is 0 Å². The third kappa shape index (κ3) is 5.97. The average molecular weight is 541 g/mol. The van der Waals surface area contributed by atoms with Gasteiger partial charge in [-0.25, -0.2) is 14.4 Å². The monoisotopic (exact) mass is 540 g/mol. The molecule has 0 spiro atoms. The third-order valence-electron chi connectivity index (χ3n) is 6.24. The average Bonchev–Trinajstić information content (AvgIpc) is 3.33. The summed E-state index contributed by atoms with van der Waals surface area (Å²) in [6.07, 6.45) is -3.49. The molecule has 0 amide bonds. The predicted molar refractivity (Wildman–Crippen MR) is 139 cm³/mol. The number of hydrogen-bond donors (Lipinski definition) is 0. The molecule has 0 N–H and O–H groups in total. The van der Waals surface area contributed by atoms with Crippen LogP contribution < -0.4 is 4.85 Å². The van der Waals surface area contributed by atoms with Crippen molar-refractivity contribution >= 4 is 17.9 Å². The fourth-order valence-electron chi connectivity index (χ4n) is 4.29. The summed E-state index contributed by atoms with van der Waals surface area (Å²) in [7, 11) is 0. The molecule has 10 heteroatoms. The molecule has 0 bridgehead atoms. The zero-order valence-corrected chi connectivity index (χ0v) is 21.1. The quantitative estimate of drug-likeness (QED) is 0.143. The maximum atomic E-state index is 13.1. The maximum absolute atomic E-state index is 13.1. The van der Waals surface area contributed by atoms with Crippen molar-refractivity contribution in [3.8, 4) is 0 Å². The van der Waals surface area contributed by atoms with Crippen molar-refractivity contribution < 1.29 is 38.2 Å². The number of benzene rings is 3. The first-order valence-electron chi connectivity index (χ1n) is 12.5. The highest BCUT2D eigenvalue weighted by Crippen LogP contribution is 2.37. The van der Waals surface area contributed by atoms with Crippen LogP contribution in [-0.4, -0.2) is 47.9 Å². The highest BCUT2D eigenvalue weighted by Gasteiger charge is 2.53. The van der Waals surface area contributed by atoms with Crippen molar-refractivity contribution in [1.82, 2.24) is 5.10 Å². The number of aromatic nitrogens is 2. The Bertz CT molecular complexity index is 1470. The molecule has 0 unspecified atom stereocenters. The van der Waals surface area contributed by atoms with E-state index in [4.69, 9.17) is 18.9 Å². The van der Waals surface area contributed by atoms with Gasteiger partial charge in [-0.1, -0.05) is 59.4 Å². The molecule has 202 valence electrons. The van der Waals surface area contributed by atoms with Crippen LogP contribution in [0.1, 0.15) is 42.9 Å². The number of carbonyl (C=O) groups is 3. The molecular weight excluding hydrogens is 516 g/mol. The van der Waals surface area contributed by atoms with Crippen molar-refractivity contribution in [1.29, 1.82) is 0 Å². The molecule has 0 saturated carbocycles. The highest BCUT2D eigenvalue weighted by atomic mass is 16.7. The van der Waals surface area contributed by atoms with Crippen molar-refractivity contribution in [2.75, 3.05) is 6.61 Å². The molecule has 4 atom stereocenters. The van der Waals surface area contributed by atoms with Crippen LogP contribution in [0.25, 0.3) is 0 Å². The lowest BCUT2D eigenvalue weighted by Gasteiger charge is -2.24. The van der Waals surface area contributed by atoms with E-state index in [1.54, 1.807) is 91.0 Å². The van der Waals surface area contributed by atoms with Gasteiger partial charge >= 0.3 is 17.9 Å². The number of rotatable bonds is 8. The lowest BCUT2D eigenvalue weighted by molar-refractivity contribution is -0.681. The zero-order valence-electron chi connectivity index (χ0n) is 21.1. The predicted octanol–water partition coefficient (Wildman–Crippen LogP) is 3.46. The topological polar surface area (TPSA) is 128 Å². The summed E-state index contributed by atoms with van der Waals surface area (Å²) in [6, 6.07) is 27.8. The number of nitrogens with zero attached hydrogens (tertiary/aromatic N) is 2. The van der Waals surface area contributed by atoms with Crippen molar-refractivity contribution in [2.45, 2.75) is 24.4 Å². The smallest absolute Gasteiger partial charge is 0.338 e. The Labute approximate surface area is 229 Å². The molecule has 5 rings (SSSR count).